The minimum atomic E-state index is -0.363. The third kappa shape index (κ3) is 3.77. The summed E-state index contributed by atoms with van der Waals surface area (Å²) in [7, 11) is 1.92. The van der Waals surface area contributed by atoms with Gasteiger partial charge in [-0.1, -0.05) is 12.1 Å². The molecule has 2 N–H and O–H groups in total. The second-order valence-electron chi connectivity index (χ2n) is 5.34. The van der Waals surface area contributed by atoms with Crippen molar-refractivity contribution in [2.75, 3.05) is 6.61 Å². The number of aromatic nitrogens is 3. The molecule has 7 nitrogen and oxygen atoms in total. The first-order valence-corrected chi connectivity index (χ1v) is 7.91. The summed E-state index contributed by atoms with van der Waals surface area (Å²) in [4.78, 5) is 12.2. The van der Waals surface area contributed by atoms with Crippen LogP contribution in [0.5, 0.6) is 5.75 Å². The van der Waals surface area contributed by atoms with Gasteiger partial charge in [0.15, 0.2) is 0 Å². The van der Waals surface area contributed by atoms with Crippen molar-refractivity contribution in [1.82, 2.24) is 20.2 Å². The van der Waals surface area contributed by atoms with Crippen LogP contribution in [0.15, 0.2) is 53.8 Å². The number of rotatable bonds is 6. The number of nitrogens with zero attached hydrogens (tertiary/aromatic N) is 3. The Kier molecular flexibility index (Phi) is 4.94. The normalized spacial score (nSPS) is 11.0. The van der Waals surface area contributed by atoms with Crippen molar-refractivity contribution >= 4 is 12.1 Å². The lowest BCUT2D eigenvalue weighted by Crippen LogP contribution is -2.18. The zero-order valence-corrected chi connectivity index (χ0v) is 14.1. The number of hydrogen-bond acceptors (Lipinski definition) is 4. The number of aryl methyl sites for hydroxylation is 1. The molecule has 0 fully saturated rings. The van der Waals surface area contributed by atoms with E-state index in [-0.39, 0.29) is 5.91 Å². The van der Waals surface area contributed by atoms with E-state index in [0.29, 0.717) is 18.0 Å². The second kappa shape index (κ2) is 7.48. The number of hydrogen-bond donors (Lipinski definition) is 2. The molecule has 0 aliphatic carbocycles. The quantitative estimate of drug-likeness (QED) is 0.535. The van der Waals surface area contributed by atoms with E-state index < -0.39 is 0 Å². The lowest BCUT2D eigenvalue weighted by Gasteiger charge is -2.05. The van der Waals surface area contributed by atoms with Crippen LogP contribution in [0.25, 0.3) is 11.4 Å². The van der Waals surface area contributed by atoms with E-state index in [1.54, 1.807) is 12.3 Å². The zero-order chi connectivity index (χ0) is 17.6. The van der Waals surface area contributed by atoms with Gasteiger partial charge in [-0.15, -0.1) is 0 Å². The summed E-state index contributed by atoms with van der Waals surface area (Å²) in [5.74, 6) is 0.355. The standard InChI is InChI=1S/C18H19N5O2/c1-3-25-17-9-5-4-7-13(17)12-19-22-18(24)15-11-14(20-21-15)16-8-6-10-23(16)2/h4-12H,3H2,1-2H3,(H,20,21)(H,22,24)/b19-12-. The molecular weight excluding hydrogens is 318 g/mol. The Balaban J connectivity index is 1.67. The minimum Gasteiger partial charge on any atom is -0.493 e. The van der Waals surface area contributed by atoms with Gasteiger partial charge in [-0.05, 0) is 37.3 Å². The summed E-state index contributed by atoms with van der Waals surface area (Å²) in [6.07, 6.45) is 3.47. The summed E-state index contributed by atoms with van der Waals surface area (Å²) >= 11 is 0. The average Bonchev–Trinajstić information content (AvgIpc) is 3.25. The van der Waals surface area contributed by atoms with Crippen molar-refractivity contribution in [3.63, 3.8) is 0 Å². The van der Waals surface area contributed by atoms with Gasteiger partial charge in [-0.3, -0.25) is 9.89 Å². The van der Waals surface area contributed by atoms with Crippen LogP contribution in [0, 0.1) is 0 Å². The number of hydrazone groups is 1. The van der Waals surface area contributed by atoms with E-state index in [2.05, 4.69) is 20.7 Å². The first-order valence-electron chi connectivity index (χ1n) is 7.91. The summed E-state index contributed by atoms with van der Waals surface area (Å²) in [5, 5.41) is 10.9. The fourth-order valence-electron chi connectivity index (χ4n) is 2.39. The number of ether oxygens (including phenoxy) is 1. The largest absolute Gasteiger partial charge is 0.493 e. The van der Waals surface area contributed by atoms with E-state index in [1.807, 2.05) is 61.1 Å². The van der Waals surface area contributed by atoms with Crippen molar-refractivity contribution in [2.45, 2.75) is 6.92 Å². The molecule has 0 spiro atoms. The van der Waals surface area contributed by atoms with Crippen LogP contribution >= 0.6 is 0 Å². The van der Waals surface area contributed by atoms with Crippen LogP contribution in [0.4, 0.5) is 0 Å². The van der Waals surface area contributed by atoms with Crippen LogP contribution in [0.1, 0.15) is 23.0 Å². The average molecular weight is 337 g/mol. The topological polar surface area (TPSA) is 84.3 Å². The third-order valence-corrected chi connectivity index (χ3v) is 3.62. The Labute approximate surface area is 145 Å². The number of aromatic amines is 1. The lowest BCUT2D eigenvalue weighted by atomic mass is 10.2. The molecule has 0 atom stereocenters. The lowest BCUT2D eigenvalue weighted by molar-refractivity contribution is 0.0950. The van der Waals surface area contributed by atoms with Gasteiger partial charge in [0, 0.05) is 18.8 Å². The fourth-order valence-corrected chi connectivity index (χ4v) is 2.39. The van der Waals surface area contributed by atoms with Crippen LogP contribution in [-0.4, -0.2) is 33.5 Å². The Morgan fingerprint density at radius 1 is 1.36 bits per heavy atom. The van der Waals surface area contributed by atoms with Gasteiger partial charge in [0.25, 0.3) is 5.91 Å². The van der Waals surface area contributed by atoms with E-state index in [1.165, 1.54) is 0 Å². The summed E-state index contributed by atoms with van der Waals surface area (Å²) in [5.41, 5.74) is 5.24. The second-order valence-corrected chi connectivity index (χ2v) is 5.34. The molecule has 0 unspecified atom stereocenters. The maximum absolute atomic E-state index is 12.2. The number of H-pyrrole nitrogens is 1. The van der Waals surface area contributed by atoms with Gasteiger partial charge >= 0.3 is 0 Å². The van der Waals surface area contributed by atoms with Crippen molar-refractivity contribution < 1.29 is 9.53 Å². The Bertz CT molecular complexity index is 894. The summed E-state index contributed by atoms with van der Waals surface area (Å²) in [6, 6.07) is 13.0. The minimum absolute atomic E-state index is 0.339. The third-order valence-electron chi connectivity index (χ3n) is 3.62. The molecule has 3 aromatic rings. The van der Waals surface area contributed by atoms with Gasteiger partial charge in [-0.2, -0.15) is 10.2 Å². The van der Waals surface area contributed by atoms with Gasteiger partial charge in [-0.25, -0.2) is 5.43 Å². The fraction of sp³-hybridized carbons (Fsp3) is 0.167. The molecule has 3 rings (SSSR count). The number of para-hydroxylation sites is 1. The highest BCUT2D eigenvalue weighted by Gasteiger charge is 2.11. The van der Waals surface area contributed by atoms with Crippen LogP contribution in [0.3, 0.4) is 0 Å². The summed E-state index contributed by atoms with van der Waals surface area (Å²) < 4.78 is 7.44. The SMILES string of the molecule is CCOc1ccccc1/C=N\NC(=O)c1cc(-c2cccn2C)n[nH]1. The molecule has 2 heterocycles. The van der Waals surface area contributed by atoms with Crippen LogP contribution < -0.4 is 10.2 Å². The number of amides is 1. The van der Waals surface area contributed by atoms with Crippen molar-refractivity contribution in [3.05, 3.63) is 59.9 Å². The van der Waals surface area contributed by atoms with Gasteiger partial charge < -0.3 is 9.30 Å². The number of carbonyl (C=O) groups is 1. The van der Waals surface area contributed by atoms with Crippen molar-refractivity contribution in [3.8, 4) is 17.1 Å². The van der Waals surface area contributed by atoms with Crippen molar-refractivity contribution in [1.29, 1.82) is 0 Å². The van der Waals surface area contributed by atoms with Gasteiger partial charge in [0.1, 0.15) is 17.1 Å². The monoisotopic (exact) mass is 337 g/mol. The predicted octanol–water partition coefficient (Wildman–Crippen LogP) is 2.58. The molecule has 128 valence electrons. The highest BCUT2D eigenvalue weighted by Crippen LogP contribution is 2.17. The van der Waals surface area contributed by atoms with Crippen molar-refractivity contribution in [2.24, 2.45) is 12.1 Å². The molecule has 2 aromatic heterocycles. The highest BCUT2D eigenvalue weighted by atomic mass is 16.5. The molecule has 0 saturated carbocycles. The van der Waals surface area contributed by atoms with Crippen LogP contribution in [0.2, 0.25) is 0 Å². The van der Waals surface area contributed by atoms with E-state index in [4.69, 9.17) is 4.74 Å². The maximum atomic E-state index is 12.2. The molecular formula is C18H19N5O2. The number of nitrogens with one attached hydrogen (secondary N) is 2. The Morgan fingerprint density at radius 3 is 2.96 bits per heavy atom. The van der Waals surface area contributed by atoms with Crippen LogP contribution in [-0.2, 0) is 7.05 Å². The Hall–Kier alpha value is -3.35. The smallest absolute Gasteiger partial charge is 0.289 e. The molecule has 0 aliphatic rings. The molecule has 0 saturated heterocycles. The first kappa shape index (κ1) is 16.5. The molecule has 0 aliphatic heterocycles. The van der Waals surface area contributed by atoms with E-state index in [9.17, 15) is 4.79 Å². The molecule has 25 heavy (non-hydrogen) atoms. The summed E-state index contributed by atoms with van der Waals surface area (Å²) in [6.45, 7) is 2.48. The Morgan fingerprint density at radius 2 is 2.20 bits per heavy atom. The first-order chi connectivity index (χ1) is 12.2. The molecule has 0 radical (unpaired) electrons. The number of carbonyl (C=O) groups excluding carboxylic acids is 1. The van der Waals surface area contributed by atoms with Gasteiger partial charge in [0.05, 0.1) is 18.5 Å². The molecule has 1 aromatic carbocycles. The predicted molar refractivity (Wildman–Crippen MR) is 95.7 cm³/mol. The maximum Gasteiger partial charge on any atom is 0.289 e. The van der Waals surface area contributed by atoms with E-state index >= 15 is 0 Å². The molecule has 0 bridgehead atoms. The molecule has 1 amide bonds. The highest BCUT2D eigenvalue weighted by molar-refractivity contribution is 5.94. The molecule has 7 heteroatoms. The number of benzene rings is 1. The zero-order valence-electron chi connectivity index (χ0n) is 14.1. The van der Waals surface area contributed by atoms with Gasteiger partial charge in [0.2, 0.25) is 0 Å². The van der Waals surface area contributed by atoms with E-state index in [0.717, 1.165) is 17.0 Å².